The van der Waals surface area contributed by atoms with Crippen molar-refractivity contribution in [2.24, 2.45) is 5.73 Å². The van der Waals surface area contributed by atoms with E-state index in [4.69, 9.17) is 10.5 Å². The summed E-state index contributed by atoms with van der Waals surface area (Å²) >= 11 is 1.55. The van der Waals surface area contributed by atoms with Gasteiger partial charge in [-0.05, 0) is 68.4 Å². The van der Waals surface area contributed by atoms with Gasteiger partial charge in [-0.15, -0.1) is 0 Å². The monoisotopic (exact) mass is 451 g/mol. The average Bonchev–Trinajstić information content (AvgIpc) is 3.24. The number of primary amides is 1. The number of hydrogen-bond donors (Lipinski definition) is 2. The fourth-order valence-corrected chi connectivity index (χ4v) is 3.99. The number of nitrogens with one attached hydrogen (secondary N) is 1. The summed E-state index contributed by atoms with van der Waals surface area (Å²) in [6.45, 7) is 7.93. The number of ether oxygens (including phenoxy) is 1. The van der Waals surface area contributed by atoms with Crippen LogP contribution >= 0.6 is 11.8 Å². The van der Waals surface area contributed by atoms with Crippen LogP contribution < -0.4 is 15.8 Å². The fraction of sp³-hybridized carbons (Fsp3) is 0.545. The molecular weight excluding hydrogens is 418 g/mol. The van der Waals surface area contributed by atoms with Crippen molar-refractivity contribution in [1.82, 2.24) is 10.2 Å². The lowest BCUT2D eigenvalue weighted by Crippen LogP contribution is -2.53. The zero-order valence-corrected chi connectivity index (χ0v) is 19.7. The second kappa shape index (κ2) is 13.0. The van der Waals surface area contributed by atoms with Crippen LogP contribution in [0.15, 0.2) is 12.1 Å². The first-order valence-corrected chi connectivity index (χ1v) is 11.8. The zero-order valence-electron chi connectivity index (χ0n) is 18.9. The van der Waals surface area contributed by atoms with Crippen LogP contribution in [0.5, 0.6) is 5.75 Å². The Balaban J connectivity index is 0.00000233. The van der Waals surface area contributed by atoms with Gasteiger partial charge in [0.2, 0.25) is 5.91 Å². The number of benzene rings is 1. The molecule has 8 nitrogen and oxygen atoms in total. The first-order valence-electron chi connectivity index (χ1n) is 10.4. The Bertz CT molecular complexity index is 776. The number of carbonyl (C=O) groups is 4. The van der Waals surface area contributed by atoms with Gasteiger partial charge in [-0.3, -0.25) is 9.59 Å². The number of nitrogens with two attached hydrogens (primary N) is 1. The lowest BCUT2D eigenvalue weighted by molar-refractivity contribution is -0.147. The number of urea groups is 1. The Morgan fingerprint density at radius 3 is 2.42 bits per heavy atom. The molecule has 0 bridgehead atoms. The maximum Gasteiger partial charge on any atom is 0.334 e. The largest absolute Gasteiger partial charge is 0.424 e. The predicted octanol–water partition coefficient (Wildman–Crippen LogP) is 2.83. The molecule has 0 aliphatic carbocycles. The van der Waals surface area contributed by atoms with Crippen molar-refractivity contribution in [3.63, 3.8) is 0 Å². The molecule has 2 rings (SSSR count). The molecule has 1 aromatic rings. The van der Waals surface area contributed by atoms with E-state index in [1.165, 1.54) is 4.90 Å². The van der Waals surface area contributed by atoms with E-state index in [9.17, 15) is 19.2 Å². The molecule has 172 valence electrons. The van der Waals surface area contributed by atoms with Crippen LogP contribution in [0.25, 0.3) is 0 Å². The average molecular weight is 452 g/mol. The van der Waals surface area contributed by atoms with Crippen LogP contribution in [-0.4, -0.2) is 59.7 Å². The molecule has 1 fully saturated rings. The maximum absolute atomic E-state index is 13.0. The maximum atomic E-state index is 13.0. The minimum atomic E-state index is -0.774. The fourth-order valence-electron chi connectivity index (χ4n) is 3.52. The number of rotatable bonds is 8. The topological polar surface area (TPSA) is 119 Å². The van der Waals surface area contributed by atoms with Gasteiger partial charge in [-0.25, -0.2) is 9.59 Å². The molecule has 31 heavy (non-hydrogen) atoms. The highest BCUT2D eigenvalue weighted by atomic mass is 32.2. The van der Waals surface area contributed by atoms with Gasteiger partial charge in [-0.1, -0.05) is 13.8 Å². The number of carbonyl (C=O) groups excluding carboxylic acids is 4. The van der Waals surface area contributed by atoms with Crippen LogP contribution in [0.1, 0.15) is 54.6 Å². The highest BCUT2D eigenvalue weighted by Crippen LogP contribution is 2.27. The highest BCUT2D eigenvalue weighted by molar-refractivity contribution is 7.98. The third-order valence-corrected chi connectivity index (χ3v) is 5.50. The number of amides is 3. The van der Waals surface area contributed by atoms with E-state index in [1.54, 1.807) is 37.7 Å². The summed E-state index contributed by atoms with van der Waals surface area (Å²) in [5.74, 6) is 0.209. The summed E-state index contributed by atoms with van der Waals surface area (Å²) in [7, 11) is 0. The summed E-state index contributed by atoms with van der Waals surface area (Å²) in [6, 6.07) is 1.02. The van der Waals surface area contributed by atoms with E-state index in [0.29, 0.717) is 54.0 Å². The number of aldehydes is 1. The van der Waals surface area contributed by atoms with Crippen LogP contribution in [0.2, 0.25) is 0 Å². The van der Waals surface area contributed by atoms with Gasteiger partial charge in [-0.2, -0.15) is 11.8 Å². The Kier molecular flexibility index (Phi) is 11.1. The molecule has 0 radical (unpaired) electrons. The van der Waals surface area contributed by atoms with Gasteiger partial charge in [0.25, 0.3) is 0 Å². The van der Waals surface area contributed by atoms with E-state index < -0.39 is 24.1 Å². The molecule has 1 aliphatic rings. The Morgan fingerprint density at radius 1 is 1.29 bits per heavy atom. The van der Waals surface area contributed by atoms with Crippen LogP contribution in [-0.2, 0) is 9.59 Å². The second-order valence-corrected chi connectivity index (χ2v) is 8.04. The SMILES string of the molecule is CC.CSCCC(NC(N)=O)C(=O)N1CCCC1C(=O)Oc1c(C)cc(C=O)cc1C. The predicted molar refractivity (Wildman–Crippen MR) is 123 cm³/mol. The standard InChI is InChI=1S/C20H27N3O5S.C2H6/c1-12-9-14(11-24)10-13(2)17(12)28-19(26)16-5-4-7-23(16)18(25)15(6-8-29-3)22-20(21)27;1-2/h9-11,15-16H,4-8H2,1-3H3,(H3,21,22,27);1-2H3. The van der Waals surface area contributed by atoms with Gasteiger partial charge in [0, 0.05) is 12.1 Å². The number of aryl methyl sites for hydroxylation is 2. The summed E-state index contributed by atoms with van der Waals surface area (Å²) in [6.07, 6.45) is 4.22. The molecule has 0 saturated carbocycles. The van der Waals surface area contributed by atoms with Gasteiger partial charge in [0.1, 0.15) is 24.1 Å². The molecule has 3 amide bonds. The molecular formula is C22H33N3O5S. The molecule has 0 spiro atoms. The molecule has 3 N–H and O–H groups in total. The van der Waals surface area contributed by atoms with Gasteiger partial charge in [0.15, 0.2) is 0 Å². The smallest absolute Gasteiger partial charge is 0.334 e. The second-order valence-electron chi connectivity index (χ2n) is 7.06. The molecule has 2 atom stereocenters. The molecule has 1 heterocycles. The van der Waals surface area contributed by atoms with Crippen molar-refractivity contribution in [3.05, 3.63) is 28.8 Å². The number of likely N-dealkylation sites (tertiary alicyclic amines) is 1. The lowest BCUT2D eigenvalue weighted by atomic mass is 10.1. The first-order chi connectivity index (χ1) is 14.8. The Hall–Kier alpha value is -2.55. The van der Waals surface area contributed by atoms with Crippen molar-refractivity contribution < 1.29 is 23.9 Å². The first kappa shape index (κ1) is 26.5. The summed E-state index contributed by atoms with van der Waals surface area (Å²) < 4.78 is 5.62. The van der Waals surface area contributed by atoms with Crippen molar-refractivity contribution in [3.8, 4) is 5.75 Å². The number of hydrogen-bond acceptors (Lipinski definition) is 6. The van der Waals surface area contributed by atoms with E-state index in [0.717, 1.165) is 6.29 Å². The number of esters is 1. The molecule has 1 saturated heterocycles. The molecule has 0 aromatic heterocycles. The third kappa shape index (κ3) is 7.27. The van der Waals surface area contributed by atoms with Crippen molar-refractivity contribution in [1.29, 1.82) is 0 Å². The van der Waals surface area contributed by atoms with Crippen LogP contribution in [0, 0.1) is 13.8 Å². The van der Waals surface area contributed by atoms with Gasteiger partial charge < -0.3 is 20.7 Å². The Labute approximate surface area is 188 Å². The Morgan fingerprint density at radius 2 is 1.90 bits per heavy atom. The summed E-state index contributed by atoms with van der Waals surface area (Å²) in [5.41, 5.74) is 7.06. The van der Waals surface area contributed by atoms with E-state index in [1.807, 2.05) is 20.1 Å². The van der Waals surface area contributed by atoms with Crippen LogP contribution in [0.4, 0.5) is 4.79 Å². The normalized spacial score (nSPS) is 16.0. The number of nitrogens with zero attached hydrogens (tertiary/aromatic N) is 1. The zero-order chi connectivity index (χ0) is 23.6. The molecule has 1 aromatic carbocycles. The van der Waals surface area contributed by atoms with Gasteiger partial charge >= 0.3 is 12.0 Å². The minimum absolute atomic E-state index is 0.331. The molecule has 9 heteroatoms. The summed E-state index contributed by atoms with van der Waals surface area (Å²) in [4.78, 5) is 49.6. The van der Waals surface area contributed by atoms with E-state index in [-0.39, 0.29) is 5.91 Å². The minimum Gasteiger partial charge on any atom is -0.424 e. The van der Waals surface area contributed by atoms with Crippen LogP contribution in [0.3, 0.4) is 0 Å². The molecule has 1 aliphatic heterocycles. The molecule has 2 unspecified atom stereocenters. The highest BCUT2D eigenvalue weighted by Gasteiger charge is 2.38. The quantitative estimate of drug-likeness (QED) is 0.356. The van der Waals surface area contributed by atoms with Crippen molar-refractivity contribution >= 4 is 36.0 Å². The van der Waals surface area contributed by atoms with Crippen molar-refractivity contribution in [2.45, 2.75) is 59.0 Å². The lowest BCUT2D eigenvalue weighted by Gasteiger charge is -2.28. The van der Waals surface area contributed by atoms with E-state index in [2.05, 4.69) is 5.32 Å². The van der Waals surface area contributed by atoms with Crippen molar-refractivity contribution in [2.75, 3.05) is 18.6 Å². The van der Waals surface area contributed by atoms with E-state index >= 15 is 0 Å². The number of thioether (sulfide) groups is 1. The third-order valence-electron chi connectivity index (χ3n) is 4.85. The van der Waals surface area contributed by atoms with Gasteiger partial charge in [0.05, 0.1) is 0 Å². The summed E-state index contributed by atoms with van der Waals surface area (Å²) in [5, 5.41) is 2.48.